The second-order valence-corrected chi connectivity index (χ2v) is 6.08. The lowest BCUT2D eigenvalue weighted by molar-refractivity contribution is -0.115. The van der Waals surface area contributed by atoms with E-state index in [0.717, 1.165) is 17.3 Å². The highest BCUT2D eigenvalue weighted by molar-refractivity contribution is 8.18. The zero-order valence-corrected chi connectivity index (χ0v) is 14.0. The Morgan fingerprint density at radius 2 is 1.92 bits per heavy atom. The van der Waals surface area contributed by atoms with Gasteiger partial charge in [0, 0.05) is 5.56 Å². The summed E-state index contributed by atoms with van der Waals surface area (Å²) in [6, 6.07) is 13.7. The van der Waals surface area contributed by atoms with Gasteiger partial charge in [-0.3, -0.25) is 4.79 Å². The summed E-state index contributed by atoms with van der Waals surface area (Å²) in [4.78, 5) is 28.1. The summed E-state index contributed by atoms with van der Waals surface area (Å²) in [6.07, 6.45) is 1.71. The number of rotatable bonds is 4. The molecule has 0 aliphatic carbocycles. The molecule has 1 fully saturated rings. The summed E-state index contributed by atoms with van der Waals surface area (Å²) >= 11 is 1.15. The van der Waals surface area contributed by atoms with E-state index in [0.29, 0.717) is 15.8 Å². The maximum Gasteiger partial charge on any atom is 0.337 e. The Hall–Kier alpha value is -3.06. The number of para-hydroxylation sites is 2. The Balaban J connectivity index is 1.91. The molecule has 2 aromatic rings. The fourth-order valence-corrected chi connectivity index (χ4v) is 3.09. The third kappa shape index (κ3) is 3.72. The van der Waals surface area contributed by atoms with Crippen molar-refractivity contribution in [2.24, 2.45) is 4.99 Å². The summed E-state index contributed by atoms with van der Waals surface area (Å²) < 4.78 is 5.27. The van der Waals surface area contributed by atoms with Crippen LogP contribution in [0.5, 0.6) is 5.75 Å². The molecule has 0 saturated carbocycles. The van der Waals surface area contributed by atoms with Gasteiger partial charge in [0.2, 0.25) is 0 Å². The second-order valence-electron chi connectivity index (χ2n) is 5.05. The highest BCUT2D eigenvalue weighted by atomic mass is 32.2. The average molecular weight is 354 g/mol. The molecule has 1 aliphatic rings. The highest BCUT2D eigenvalue weighted by Crippen LogP contribution is 2.31. The van der Waals surface area contributed by atoms with E-state index in [4.69, 9.17) is 4.74 Å². The number of benzene rings is 2. The maximum absolute atomic E-state index is 12.2. The Morgan fingerprint density at radius 3 is 2.68 bits per heavy atom. The van der Waals surface area contributed by atoms with Gasteiger partial charge in [0.25, 0.3) is 5.91 Å². The van der Waals surface area contributed by atoms with Crippen LogP contribution in [0.4, 0.5) is 5.69 Å². The molecule has 25 heavy (non-hydrogen) atoms. The molecule has 126 valence electrons. The van der Waals surface area contributed by atoms with Crippen LogP contribution in [0.2, 0.25) is 0 Å². The minimum Gasteiger partial charge on any atom is -0.496 e. The second kappa shape index (κ2) is 7.23. The molecular weight excluding hydrogens is 340 g/mol. The molecule has 1 amide bonds. The predicted octanol–water partition coefficient (Wildman–Crippen LogP) is 3.29. The Labute approximate surface area is 148 Å². The van der Waals surface area contributed by atoms with Crippen LogP contribution in [-0.2, 0) is 4.79 Å². The van der Waals surface area contributed by atoms with E-state index < -0.39 is 5.97 Å². The molecular formula is C18H14N2O4S. The lowest BCUT2D eigenvalue weighted by Crippen LogP contribution is -2.19. The molecule has 1 heterocycles. The molecule has 2 aromatic carbocycles. The van der Waals surface area contributed by atoms with Gasteiger partial charge in [-0.2, -0.15) is 0 Å². The fourth-order valence-electron chi connectivity index (χ4n) is 2.27. The molecule has 0 atom stereocenters. The number of carbonyl (C=O) groups is 2. The first kappa shape index (κ1) is 16.8. The van der Waals surface area contributed by atoms with Crippen LogP contribution in [0.3, 0.4) is 0 Å². The topological polar surface area (TPSA) is 88.0 Å². The minimum absolute atomic E-state index is 0.0759. The van der Waals surface area contributed by atoms with Crippen LogP contribution in [-0.4, -0.2) is 29.3 Å². The maximum atomic E-state index is 12.2. The van der Waals surface area contributed by atoms with Crippen LogP contribution < -0.4 is 10.1 Å². The Morgan fingerprint density at radius 1 is 1.20 bits per heavy atom. The molecule has 1 aliphatic heterocycles. The summed E-state index contributed by atoms with van der Waals surface area (Å²) in [5.41, 5.74) is 1.14. The number of amidine groups is 1. The molecule has 6 nitrogen and oxygen atoms in total. The van der Waals surface area contributed by atoms with Gasteiger partial charge in [0.15, 0.2) is 5.17 Å². The number of hydrogen-bond donors (Lipinski definition) is 2. The summed E-state index contributed by atoms with van der Waals surface area (Å²) in [7, 11) is 1.56. The van der Waals surface area contributed by atoms with Crippen LogP contribution in [0, 0.1) is 0 Å². The largest absolute Gasteiger partial charge is 0.496 e. The molecule has 0 bridgehead atoms. The zero-order valence-electron chi connectivity index (χ0n) is 13.2. The van der Waals surface area contributed by atoms with Crippen molar-refractivity contribution in [3.8, 4) is 5.75 Å². The van der Waals surface area contributed by atoms with Crippen LogP contribution in [0.1, 0.15) is 15.9 Å². The van der Waals surface area contributed by atoms with Crippen molar-refractivity contribution in [1.82, 2.24) is 5.32 Å². The third-order valence-electron chi connectivity index (χ3n) is 3.43. The van der Waals surface area contributed by atoms with Crippen molar-refractivity contribution in [2.45, 2.75) is 0 Å². The molecule has 0 radical (unpaired) electrons. The smallest absolute Gasteiger partial charge is 0.337 e. The van der Waals surface area contributed by atoms with Crippen molar-refractivity contribution in [3.63, 3.8) is 0 Å². The highest BCUT2D eigenvalue weighted by Gasteiger charge is 2.24. The van der Waals surface area contributed by atoms with Gasteiger partial charge < -0.3 is 15.2 Å². The van der Waals surface area contributed by atoms with Gasteiger partial charge in [0.05, 0.1) is 23.3 Å². The van der Waals surface area contributed by atoms with Gasteiger partial charge in [0.1, 0.15) is 5.75 Å². The first-order chi connectivity index (χ1) is 12.1. The molecule has 0 unspecified atom stereocenters. The predicted molar refractivity (Wildman–Crippen MR) is 97.2 cm³/mol. The molecule has 7 heteroatoms. The van der Waals surface area contributed by atoms with E-state index >= 15 is 0 Å². The van der Waals surface area contributed by atoms with Gasteiger partial charge in [-0.05, 0) is 36.0 Å². The van der Waals surface area contributed by atoms with E-state index in [2.05, 4.69) is 10.3 Å². The van der Waals surface area contributed by atoms with Crippen molar-refractivity contribution in [3.05, 3.63) is 64.6 Å². The van der Waals surface area contributed by atoms with Crippen molar-refractivity contribution >= 4 is 40.6 Å². The number of aromatic carboxylic acids is 1. The van der Waals surface area contributed by atoms with Crippen molar-refractivity contribution < 1.29 is 19.4 Å². The van der Waals surface area contributed by atoms with E-state index in [9.17, 15) is 14.7 Å². The number of aliphatic imine (C=N–C) groups is 1. The number of nitrogens with one attached hydrogen (secondary N) is 1. The summed E-state index contributed by atoms with van der Waals surface area (Å²) in [5.74, 6) is -0.702. The number of carboxylic acid groups (broad SMARTS) is 1. The quantitative estimate of drug-likeness (QED) is 0.823. The van der Waals surface area contributed by atoms with Crippen LogP contribution in [0.15, 0.2) is 58.4 Å². The van der Waals surface area contributed by atoms with Crippen molar-refractivity contribution in [1.29, 1.82) is 0 Å². The first-order valence-electron chi connectivity index (χ1n) is 7.33. The van der Waals surface area contributed by atoms with Crippen molar-refractivity contribution in [2.75, 3.05) is 7.11 Å². The van der Waals surface area contributed by atoms with Crippen LogP contribution >= 0.6 is 11.8 Å². The minimum atomic E-state index is -1.07. The summed E-state index contributed by atoms with van der Waals surface area (Å²) in [5, 5.41) is 12.2. The number of amides is 1. The summed E-state index contributed by atoms with van der Waals surface area (Å²) in [6.45, 7) is 0. The van der Waals surface area contributed by atoms with Gasteiger partial charge in [-0.1, -0.05) is 30.3 Å². The van der Waals surface area contributed by atoms with E-state index in [1.54, 1.807) is 31.4 Å². The van der Waals surface area contributed by atoms with E-state index in [1.165, 1.54) is 6.07 Å². The number of ether oxygens (including phenoxy) is 1. The monoisotopic (exact) mass is 354 g/mol. The lowest BCUT2D eigenvalue weighted by Gasteiger charge is -2.03. The Kier molecular flexibility index (Phi) is 4.85. The third-order valence-corrected chi connectivity index (χ3v) is 4.34. The number of carbonyl (C=O) groups excluding carboxylic acids is 1. The molecule has 2 N–H and O–H groups in total. The number of carboxylic acids is 1. The SMILES string of the molecule is COc1ccccc1/C=C1\SC(=Nc2ccccc2C(=O)O)NC1=O. The van der Waals surface area contributed by atoms with Gasteiger partial charge in [-0.25, -0.2) is 9.79 Å². The molecule has 1 saturated heterocycles. The standard InChI is InChI=1S/C18H14N2O4S/c1-24-14-9-5-2-6-11(14)10-15-16(21)20-18(25-15)19-13-8-4-3-7-12(13)17(22)23/h2-10H,1H3,(H,22,23)(H,19,20,21)/b15-10-. The fraction of sp³-hybridized carbons (Fsp3) is 0.0556. The average Bonchev–Trinajstić information content (AvgIpc) is 2.95. The molecule has 0 spiro atoms. The first-order valence-corrected chi connectivity index (χ1v) is 8.15. The number of hydrogen-bond acceptors (Lipinski definition) is 5. The van der Waals surface area contributed by atoms with Gasteiger partial charge in [-0.15, -0.1) is 0 Å². The lowest BCUT2D eigenvalue weighted by atomic mass is 10.2. The zero-order chi connectivity index (χ0) is 17.8. The molecule has 0 aromatic heterocycles. The Bertz CT molecular complexity index is 905. The number of methoxy groups -OCH3 is 1. The number of thioether (sulfide) groups is 1. The van der Waals surface area contributed by atoms with Crippen LogP contribution in [0.25, 0.3) is 6.08 Å². The van der Waals surface area contributed by atoms with E-state index in [1.807, 2.05) is 24.3 Å². The normalized spacial score (nSPS) is 16.9. The number of nitrogens with zero attached hydrogens (tertiary/aromatic N) is 1. The van der Waals surface area contributed by atoms with Gasteiger partial charge >= 0.3 is 5.97 Å². The van der Waals surface area contributed by atoms with E-state index in [-0.39, 0.29) is 17.2 Å². The molecule has 3 rings (SSSR count).